The molecular weight excluding hydrogens is 196 g/mol. The van der Waals surface area contributed by atoms with Crippen molar-refractivity contribution in [1.29, 1.82) is 0 Å². The number of hydrogen-bond donors (Lipinski definition) is 0. The maximum atomic E-state index is 10.3. The van der Waals surface area contributed by atoms with Crippen molar-refractivity contribution in [1.82, 2.24) is 0 Å². The molecule has 0 aromatic carbocycles. The molecule has 2 saturated heterocycles. The molecule has 0 bridgehead atoms. The lowest BCUT2D eigenvalue weighted by atomic mass is 9.74. The fraction of sp³-hybridized carbons (Fsp3) is 0.909. The Morgan fingerprint density at radius 1 is 1.07 bits per heavy atom. The first-order chi connectivity index (χ1) is 7.38. The Morgan fingerprint density at radius 3 is 2.33 bits per heavy atom. The topological polar surface area (TPSA) is 51.4 Å². The summed E-state index contributed by atoms with van der Waals surface area (Å²) in [4.78, 5) is 10.3. The SMILES string of the molecule is O=COC1CCC(C2CO2)C(C2CO2)C1. The Hall–Kier alpha value is -0.610. The first kappa shape index (κ1) is 9.60. The Labute approximate surface area is 88.9 Å². The van der Waals surface area contributed by atoms with E-state index < -0.39 is 0 Å². The van der Waals surface area contributed by atoms with E-state index in [-0.39, 0.29) is 6.10 Å². The van der Waals surface area contributed by atoms with Crippen LogP contribution in [0.5, 0.6) is 0 Å². The van der Waals surface area contributed by atoms with Gasteiger partial charge in [-0.15, -0.1) is 0 Å². The van der Waals surface area contributed by atoms with E-state index in [9.17, 15) is 4.79 Å². The van der Waals surface area contributed by atoms with E-state index in [0.29, 0.717) is 30.5 Å². The van der Waals surface area contributed by atoms with E-state index in [4.69, 9.17) is 14.2 Å². The molecule has 2 heterocycles. The molecule has 4 heteroatoms. The Bertz CT molecular complexity index is 247. The van der Waals surface area contributed by atoms with Crippen LogP contribution >= 0.6 is 0 Å². The van der Waals surface area contributed by atoms with Crippen molar-refractivity contribution in [2.75, 3.05) is 13.2 Å². The molecular formula is C11H16O4. The van der Waals surface area contributed by atoms with Crippen LogP contribution in [-0.2, 0) is 19.0 Å². The lowest BCUT2D eigenvalue weighted by Crippen LogP contribution is -2.35. The van der Waals surface area contributed by atoms with Crippen molar-refractivity contribution < 1.29 is 19.0 Å². The molecule has 0 radical (unpaired) electrons. The van der Waals surface area contributed by atoms with Gasteiger partial charge in [0.1, 0.15) is 6.10 Å². The number of hydrogen-bond acceptors (Lipinski definition) is 4. The van der Waals surface area contributed by atoms with Crippen LogP contribution < -0.4 is 0 Å². The van der Waals surface area contributed by atoms with Crippen LogP contribution in [0.3, 0.4) is 0 Å². The van der Waals surface area contributed by atoms with Gasteiger partial charge in [0, 0.05) is 0 Å². The van der Waals surface area contributed by atoms with Crippen LogP contribution in [0.25, 0.3) is 0 Å². The first-order valence-corrected chi connectivity index (χ1v) is 5.71. The van der Waals surface area contributed by atoms with Gasteiger partial charge in [-0.05, 0) is 31.1 Å². The zero-order chi connectivity index (χ0) is 10.3. The lowest BCUT2D eigenvalue weighted by molar-refractivity contribution is -0.136. The van der Waals surface area contributed by atoms with Crippen molar-refractivity contribution in [3.8, 4) is 0 Å². The Balaban J connectivity index is 1.63. The highest BCUT2D eigenvalue weighted by molar-refractivity contribution is 5.37. The molecule has 0 N–H and O–H groups in total. The molecule has 0 spiro atoms. The Kier molecular flexibility index (Phi) is 2.41. The van der Waals surface area contributed by atoms with Crippen molar-refractivity contribution in [3.63, 3.8) is 0 Å². The highest BCUT2D eigenvalue weighted by atomic mass is 16.6. The summed E-state index contributed by atoms with van der Waals surface area (Å²) >= 11 is 0. The fourth-order valence-electron chi connectivity index (χ4n) is 2.89. The third-order valence-corrected chi connectivity index (χ3v) is 3.83. The predicted molar refractivity (Wildman–Crippen MR) is 51.2 cm³/mol. The Morgan fingerprint density at radius 2 is 1.73 bits per heavy atom. The number of epoxide rings is 2. The van der Waals surface area contributed by atoms with E-state index >= 15 is 0 Å². The molecule has 0 amide bonds. The van der Waals surface area contributed by atoms with Crippen LogP contribution in [0.2, 0.25) is 0 Å². The third-order valence-electron chi connectivity index (χ3n) is 3.83. The molecule has 2 aliphatic heterocycles. The second kappa shape index (κ2) is 3.76. The van der Waals surface area contributed by atoms with Gasteiger partial charge in [-0.1, -0.05) is 0 Å². The minimum atomic E-state index is 0.103. The van der Waals surface area contributed by atoms with Gasteiger partial charge in [0.15, 0.2) is 0 Å². The predicted octanol–water partition coefficient (Wildman–Crippen LogP) is 0.742. The largest absolute Gasteiger partial charge is 0.465 e. The van der Waals surface area contributed by atoms with Crippen LogP contribution in [-0.4, -0.2) is 38.0 Å². The second-order valence-corrected chi connectivity index (χ2v) is 4.74. The summed E-state index contributed by atoms with van der Waals surface area (Å²) in [6.07, 6.45) is 3.99. The van der Waals surface area contributed by atoms with Crippen LogP contribution in [0.4, 0.5) is 0 Å². The van der Waals surface area contributed by atoms with E-state index in [1.54, 1.807) is 0 Å². The van der Waals surface area contributed by atoms with Gasteiger partial charge < -0.3 is 14.2 Å². The highest BCUT2D eigenvalue weighted by Crippen LogP contribution is 2.43. The van der Waals surface area contributed by atoms with Crippen molar-refractivity contribution >= 4 is 6.47 Å². The number of rotatable bonds is 4. The van der Waals surface area contributed by atoms with Crippen LogP contribution in [0, 0.1) is 11.8 Å². The van der Waals surface area contributed by atoms with Gasteiger partial charge in [-0.25, -0.2) is 0 Å². The van der Waals surface area contributed by atoms with E-state index in [0.717, 1.165) is 32.5 Å². The zero-order valence-corrected chi connectivity index (χ0v) is 8.63. The van der Waals surface area contributed by atoms with Crippen molar-refractivity contribution in [2.45, 2.75) is 37.6 Å². The normalized spacial score (nSPS) is 48.4. The monoisotopic (exact) mass is 212 g/mol. The minimum absolute atomic E-state index is 0.103. The van der Waals surface area contributed by atoms with Gasteiger partial charge in [0.2, 0.25) is 0 Å². The minimum Gasteiger partial charge on any atom is -0.465 e. The molecule has 3 aliphatic rings. The fourth-order valence-corrected chi connectivity index (χ4v) is 2.89. The number of ether oxygens (including phenoxy) is 3. The van der Waals surface area contributed by atoms with Gasteiger partial charge in [0.05, 0.1) is 25.4 Å². The molecule has 15 heavy (non-hydrogen) atoms. The molecule has 3 fully saturated rings. The quantitative estimate of drug-likeness (QED) is 0.509. The smallest absolute Gasteiger partial charge is 0.293 e. The number of carbonyl (C=O) groups excluding carboxylic acids is 1. The standard InChI is InChI=1S/C11H16O4/c12-6-15-7-1-2-8(10-4-13-10)9(3-7)11-5-14-11/h6-11H,1-5H2. The highest BCUT2D eigenvalue weighted by Gasteiger charge is 2.48. The van der Waals surface area contributed by atoms with E-state index in [1.807, 2.05) is 0 Å². The number of carbonyl (C=O) groups is 1. The molecule has 3 rings (SSSR count). The molecule has 0 aromatic rings. The molecule has 1 aliphatic carbocycles. The molecule has 5 atom stereocenters. The van der Waals surface area contributed by atoms with Gasteiger partial charge in [-0.3, -0.25) is 4.79 Å². The van der Waals surface area contributed by atoms with Crippen LogP contribution in [0.15, 0.2) is 0 Å². The second-order valence-electron chi connectivity index (χ2n) is 4.74. The van der Waals surface area contributed by atoms with Gasteiger partial charge in [-0.2, -0.15) is 0 Å². The van der Waals surface area contributed by atoms with Gasteiger partial charge >= 0.3 is 0 Å². The maximum absolute atomic E-state index is 10.3. The average molecular weight is 212 g/mol. The summed E-state index contributed by atoms with van der Waals surface area (Å²) in [5, 5.41) is 0. The summed E-state index contributed by atoms with van der Waals surface area (Å²) in [5.41, 5.74) is 0. The molecule has 1 saturated carbocycles. The van der Waals surface area contributed by atoms with E-state index in [2.05, 4.69) is 0 Å². The lowest BCUT2D eigenvalue weighted by Gasteiger charge is -2.33. The first-order valence-electron chi connectivity index (χ1n) is 5.71. The zero-order valence-electron chi connectivity index (χ0n) is 8.63. The molecule has 84 valence electrons. The molecule has 5 unspecified atom stereocenters. The summed E-state index contributed by atoms with van der Waals surface area (Å²) in [5.74, 6) is 1.17. The maximum Gasteiger partial charge on any atom is 0.293 e. The summed E-state index contributed by atoms with van der Waals surface area (Å²) < 4.78 is 15.8. The average Bonchev–Trinajstić information content (AvgIpc) is 3.11. The third kappa shape index (κ3) is 2.01. The summed E-state index contributed by atoms with van der Waals surface area (Å²) in [6.45, 7) is 2.36. The van der Waals surface area contributed by atoms with Crippen molar-refractivity contribution in [2.24, 2.45) is 11.8 Å². The van der Waals surface area contributed by atoms with Crippen LogP contribution in [0.1, 0.15) is 19.3 Å². The van der Waals surface area contributed by atoms with Crippen molar-refractivity contribution in [3.05, 3.63) is 0 Å². The van der Waals surface area contributed by atoms with E-state index in [1.165, 1.54) is 0 Å². The summed E-state index contributed by atoms with van der Waals surface area (Å²) in [7, 11) is 0. The molecule has 4 nitrogen and oxygen atoms in total. The summed E-state index contributed by atoms with van der Waals surface area (Å²) in [6, 6.07) is 0. The van der Waals surface area contributed by atoms with Gasteiger partial charge in [0.25, 0.3) is 6.47 Å². The molecule has 0 aromatic heterocycles.